The van der Waals surface area contributed by atoms with Crippen LogP contribution in [0.5, 0.6) is 0 Å². The van der Waals surface area contributed by atoms with Crippen LogP contribution in [0.1, 0.15) is 11.3 Å². The van der Waals surface area contributed by atoms with Crippen molar-refractivity contribution in [3.8, 4) is 0 Å². The lowest BCUT2D eigenvalue weighted by molar-refractivity contribution is -0.146. The van der Waals surface area contributed by atoms with E-state index in [2.05, 4.69) is 4.98 Å². The summed E-state index contributed by atoms with van der Waals surface area (Å²) in [6.07, 6.45) is 0.328. The highest BCUT2D eigenvalue weighted by atomic mass is 16.4. The minimum absolute atomic E-state index is 0.0998. The third kappa shape index (κ3) is 2.83. The molecule has 0 saturated heterocycles. The molecule has 0 aliphatic heterocycles. The Balaban J connectivity index is 2.64. The second-order valence-corrected chi connectivity index (χ2v) is 2.87. The average Bonchev–Trinajstić information content (AvgIpc) is 2.08. The Hall–Kier alpha value is -1.42. The van der Waals surface area contributed by atoms with Crippen molar-refractivity contribution in [1.82, 2.24) is 4.98 Å². The Morgan fingerprint density at radius 1 is 1.62 bits per heavy atom. The fourth-order valence-electron chi connectivity index (χ4n) is 0.930. The molecule has 1 aromatic rings. The lowest BCUT2D eigenvalue weighted by atomic mass is 10.1. The molecular formula is C9H11NO3. The third-order valence-corrected chi connectivity index (χ3v) is 1.69. The van der Waals surface area contributed by atoms with Gasteiger partial charge in [-0.3, -0.25) is 4.98 Å². The average molecular weight is 181 g/mol. The molecule has 0 amide bonds. The van der Waals surface area contributed by atoms with E-state index in [9.17, 15) is 4.79 Å². The summed E-state index contributed by atoms with van der Waals surface area (Å²) in [5.74, 6) is -1.21. The van der Waals surface area contributed by atoms with E-state index in [1.807, 2.05) is 6.92 Å². The summed E-state index contributed by atoms with van der Waals surface area (Å²) in [7, 11) is 0. The van der Waals surface area contributed by atoms with Crippen LogP contribution in [0, 0.1) is 6.92 Å². The molecule has 0 bridgehead atoms. The first-order valence-electron chi connectivity index (χ1n) is 3.92. The van der Waals surface area contributed by atoms with Gasteiger partial charge in [0.1, 0.15) is 0 Å². The minimum Gasteiger partial charge on any atom is -0.479 e. The summed E-state index contributed by atoms with van der Waals surface area (Å²) in [6.45, 7) is 1.84. The van der Waals surface area contributed by atoms with Crippen LogP contribution in [0.4, 0.5) is 0 Å². The standard InChI is InChI=1S/C9H11NO3/c1-6-2-3-7(5-10-6)4-8(11)9(12)13/h2-3,5,8,11H,4H2,1H3,(H,12,13). The highest BCUT2D eigenvalue weighted by Gasteiger charge is 2.13. The highest BCUT2D eigenvalue weighted by molar-refractivity contribution is 5.72. The van der Waals surface area contributed by atoms with Crippen LogP contribution in [0.25, 0.3) is 0 Å². The van der Waals surface area contributed by atoms with Crippen LogP contribution < -0.4 is 0 Å². The summed E-state index contributed by atoms with van der Waals surface area (Å²) in [5.41, 5.74) is 1.59. The van der Waals surface area contributed by atoms with Crippen molar-refractivity contribution in [2.24, 2.45) is 0 Å². The molecule has 1 aromatic heterocycles. The first-order valence-corrected chi connectivity index (χ1v) is 3.92. The van der Waals surface area contributed by atoms with Gasteiger partial charge in [-0.2, -0.15) is 0 Å². The number of aliphatic hydroxyl groups excluding tert-OH is 1. The van der Waals surface area contributed by atoms with E-state index in [0.717, 1.165) is 11.3 Å². The van der Waals surface area contributed by atoms with Crippen LogP contribution >= 0.6 is 0 Å². The number of carboxylic acid groups (broad SMARTS) is 1. The number of aliphatic hydroxyl groups is 1. The van der Waals surface area contributed by atoms with Crippen molar-refractivity contribution < 1.29 is 15.0 Å². The van der Waals surface area contributed by atoms with Gasteiger partial charge in [0, 0.05) is 18.3 Å². The van der Waals surface area contributed by atoms with Crippen molar-refractivity contribution in [3.63, 3.8) is 0 Å². The SMILES string of the molecule is Cc1ccc(CC(O)C(=O)O)cn1. The number of rotatable bonds is 3. The lowest BCUT2D eigenvalue weighted by Gasteiger charge is -2.04. The molecule has 0 aliphatic rings. The van der Waals surface area contributed by atoms with Crippen molar-refractivity contribution in [2.75, 3.05) is 0 Å². The largest absolute Gasteiger partial charge is 0.479 e. The molecule has 0 radical (unpaired) electrons. The van der Waals surface area contributed by atoms with Gasteiger partial charge in [0.15, 0.2) is 6.10 Å². The molecule has 0 fully saturated rings. The van der Waals surface area contributed by atoms with Crippen molar-refractivity contribution in [3.05, 3.63) is 29.6 Å². The smallest absolute Gasteiger partial charge is 0.332 e. The molecule has 0 spiro atoms. The van der Waals surface area contributed by atoms with E-state index in [0.29, 0.717) is 0 Å². The van der Waals surface area contributed by atoms with Crippen molar-refractivity contribution in [1.29, 1.82) is 0 Å². The van der Waals surface area contributed by atoms with Crippen LogP contribution in [-0.2, 0) is 11.2 Å². The predicted molar refractivity (Wildman–Crippen MR) is 46.3 cm³/mol. The van der Waals surface area contributed by atoms with Gasteiger partial charge in [-0.25, -0.2) is 4.79 Å². The van der Waals surface area contributed by atoms with E-state index in [4.69, 9.17) is 10.2 Å². The molecule has 2 N–H and O–H groups in total. The zero-order chi connectivity index (χ0) is 9.84. The lowest BCUT2D eigenvalue weighted by Crippen LogP contribution is -2.21. The molecule has 1 heterocycles. The van der Waals surface area contributed by atoms with E-state index in [-0.39, 0.29) is 6.42 Å². The predicted octanol–water partition coefficient (Wildman–Crippen LogP) is 0.378. The maximum Gasteiger partial charge on any atom is 0.332 e. The molecule has 70 valence electrons. The van der Waals surface area contributed by atoms with Gasteiger partial charge in [0.25, 0.3) is 0 Å². The van der Waals surface area contributed by atoms with E-state index in [1.165, 1.54) is 0 Å². The molecular weight excluding hydrogens is 170 g/mol. The monoisotopic (exact) mass is 181 g/mol. The molecule has 0 aromatic carbocycles. The zero-order valence-corrected chi connectivity index (χ0v) is 7.27. The first-order chi connectivity index (χ1) is 6.09. The van der Waals surface area contributed by atoms with Gasteiger partial charge in [0.2, 0.25) is 0 Å². The number of hydrogen-bond acceptors (Lipinski definition) is 3. The maximum atomic E-state index is 10.3. The Labute approximate surface area is 75.9 Å². The summed E-state index contributed by atoms with van der Waals surface area (Å²) in [4.78, 5) is 14.3. The summed E-state index contributed by atoms with van der Waals surface area (Å²) >= 11 is 0. The Kier molecular flexibility index (Phi) is 2.97. The Morgan fingerprint density at radius 3 is 2.77 bits per heavy atom. The Bertz CT molecular complexity index is 294. The third-order valence-electron chi connectivity index (χ3n) is 1.69. The molecule has 0 aliphatic carbocycles. The van der Waals surface area contributed by atoms with Gasteiger partial charge in [-0.05, 0) is 18.6 Å². The molecule has 1 rings (SSSR count). The number of aliphatic carboxylic acids is 1. The number of aromatic nitrogens is 1. The number of carboxylic acids is 1. The fraction of sp³-hybridized carbons (Fsp3) is 0.333. The summed E-state index contributed by atoms with van der Waals surface area (Å²) in [6, 6.07) is 3.54. The fourth-order valence-corrected chi connectivity index (χ4v) is 0.930. The minimum atomic E-state index is -1.34. The van der Waals surface area contributed by atoms with E-state index in [1.54, 1.807) is 18.3 Å². The molecule has 13 heavy (non-hydrogen) atoms. The topological polar surface area (TPSA) is 70.4 Å². The van der Waals surface area contributed by atoms with Gasteiger partial charge in [-0.15, -0.1) is 0 Å². The number of aryl methyl sites for hydroxylation is 1. The molecule has 4 nitrogen and oxygen atoms in total. The number of hydrogen-bond donors (Lipinski definition) is 2. The van der Waals surface area contributed by atoms with Gasteiger partial charge >= 0.3 is 5.97 Å². The summed E-state index contributed by atoms with van der Waals surface area (Å²) in [5, 5.41) is 17.4. The van der Waals surface area contributed by atoms with Gasteiger partial charge < -0.3 is 10.2 Å². The molecule has 4 heteroatoms. The normalized spacial score (nSPS) is 12.5. The van der Waals surface area contributed by atoms with Crippen LogP contribution in [0.2, 0.25) is 0 Å². The van der Waals surface area contributed by atoms with Gasteiger partial charge in [-0.1, -0.05) is 6.07 Å². The quantitative estimate of drug-likeness (QED) is 0.707. The maximum absolute atomic E-state index is 10.3. The van der Waals surface area contributed by atoms with E-state index < -0.39 is 12.1 Å². The molecule has 1 atom stereocenters. The number of pyridine rings is 1. The molecule has 0 saturated carbocycles. The van der Waals surface area contributed by atoms with Crippen molar-refractivity contribution in [2.45, 2.75) is 19.4 Å². The van der Waals surface area contributed by atoms with Crippen LogP contribution in [0.15, 0.2) is 18.3 Å². The number of carbonyl (C=O) groups is 1. The van der Waals surface area contributed by atoms with Crippen LogP contribution in [0.3, 0.4) is 0 Å². The van der Waals surface area contributed by atoms with Gasteiger partial charge in [0.05, 0.1) is 0 Å². The highest BCUT2D eigenvalue weighted by Crippen LogP contribution is 2.03. The zero-order valence-electron chi connectivity index (χ0n) is 7.27. The first kappa shape index (κ1) is 9.67. The Morgan fingerprint density at radius 2 is 2.31 bits per heavy atom. The van der Waals surface area contributed by atoms with Crippen LogP contribution in [-0.4, -0.2) is 27.3 Å². The summed E-state index contributed by atoms with van der Waals surface area (Å²) < 4.78 is 0. The number of nitrogens with zero attached hydrogens (tertiary/aromatic N) is 1. The molecule has 1 unspecified atom stereocenters. The second kappa shape index (κ2) is 4.00. The van der Waals surface area contributed by atoms with E-state index >= 15 is 0 Å². The second-order valence-electron chi connectivity index (χ2n) is 2.87. The van der Waals surface area contributed by atoms with Crippen molar-refractivity contribution >= 4 is 5.97 Å².